The molecule has 0 bridgehead atoms. The summed E-state index contributed by atoms with van der Waals surface area (Å²) in [5.74, 6) is 0. The van der Waals surface area contributed by atoms with Crippen LogP contribution in [0.4, 0.5) is 0 Å². The highest BCUT2D eigenvalue weighted by atomic mass is 32.2. The molecule has 24 heavy (non-hydrogen) atoms. The van der Waals surface area contributed by atoms with Crippen LogP contribution in [0.15, 0.2) is 59.5 Å². The summed E-state index contributed by atoms with van der Waals surface area (Å²) in [7, 11) is -3.47. The smallest absolute Gasteiger partial charge is 0.240 e. The monoisotopic (exact) mass is 344 g/mol. The molecule has 1 fully saturated rings. The van der Waals surface area contributed by atoms with E-state index in [4.69, 9.17) is 0 Å². The first-order valence-corrected chi connectivity index (χ1v) is 9.97. The Hall–Kier alpha value is -1.69. The lowest BCUT2D eigenvalue weighted by molar-refractivity contribution is 0.211. The maximum atomic E-state index is 12.6. The Morgan fingerprint density at radius 2 is 1.71 bits per heavy atom. The molecule has 1 aliphatic heterocycles. The fraction of sp³-hybridized carbons (Fsp3) is 0.368. The second-order valence-corrected chi connectivity index (χ2v) is 7.96. The Morgan fingerprint density at radius 1 is 1.04 bits per heavy atom. The Kier molecular flexibility index (Phi) is 5.33. The molecule has 0 unspecified atom stereocenters. The van der Waals surface area contributed by atoms with Gasteiger partial charge in [-0.3, -0.25) is 0 Å². The van der Waals surface area contributed by atoms with Crippen molar-refractivity contribution in [2.24, 2.45) is 0 Å². The van der Waals surface area contributed by atoms with Gasteiger partial charge in [-0.2, -0.15) is 0 Å². The number of rotatable bonds is 5. The van der Waals surface area contributed by atoms with Crippen molar-refractivity contribution in [3.63, 3.8) is 0 Å². The Bertz CT molecular complexity index is 758. The van der Waals surface area contributed by atoms with Gasteiger partial charge in [0.2, 0.25) is 10.0 Å². The maximum Gasteiger partial charge on any atom is 0.240 e. The van der Waals surface area contributed by atoms with Crippen LogP contribution in [0.2, 0.25) is 0 Å². The Morgan fingerprint density at radius 3 is 2.38 bits per heavy atom. The van der Waals surface area contributed by atoms with Crippen LogP contribution in [-0.4, -0.2) is 39.0 Å². The van der Waals surface area contributed by atoms with E-state index in [2.05, 4.69) is 16.5 Å². The lowest BCUT2D eigenvalue weighted by Gasteiger charge is -2.32. The van der Waals surface area contributed by atoms with Gasteiger partial charge in [0.15, 0.2) is 0 Å². The summed E-state index contributed by atoms with van der Waals surface area (Å²) in [6.07, 6.45) is 1.94. The van der Waals surface area contributed by atoms with Gasteiger partial charge in [0.1, 0.15) is 0 Å². The fourth-order valence-electron chi connectivity index (χ4n) is 3.18. The molecule has 0 spiro atoms. The predicted octanol–water partition coefficient (Wildman–Crippen LogP) is 3.12. The minimum atomic E-state index is -3.47. The van der Waals surface area contributed by atoms with E-state index in [0.717, 1.165) is 43.6 Å². The average Bonchev–Trinajstić information content (AvgIpc) is 2.62. The number of likely N-dealkylation sites (N-methyl/N-ethyl adjacent to an activating group) is 1. The molecule has 1 aliphatic rings. The molecule has 5 heteroatoms. The number of benzene rings is 2. The van der Waals surface area contributed by atoms with Gasteiger partial charge in [-0.25, -0.2) is 13.1 Å². The predicted molar refractivity (Wildman–Crippen MR) is 97.3 cm³/mol. The summed E-state index contributed by atoms with van der Waals surface area (Å²) in [5.41, 5.74) is 2.10. The van der Waals surface area contributed by atoms with Gasteiger partial charge in [0, 0.05) is 12.6 Å². The molecule has 1 atom stereocenters. The van der Waals surface area contributed by atoms with E-state index in [1.165, 1.54) is 0 Å². The number of sulfonamides is 1. The minimum Gasteiger partial charge on any atom is -0.302 e. The molecule has 2 aromatic carbocycles. The summed E-state index contributed by atoms with van der Waals surface area (Å²) in [5, 5.41) is 0. The van der Waals surface area contributed by atoms with Gasteiger partial charge in [-0.05, 0) is 49.2 Å². The van der Waals surface area contributed by atoms with E-state index in [0.29, 0.717) is 4.90 Å². The van der Waals surface area contributed by atoms with E-state index in [9.17, 15) is 8.42 Å². The van der Waals surface area contributed by atoms with Crippen LogP contribution in [0.5, 0.6) is 0 Å². The second kappa shape index (κ2) is 7.47. The van der Waals surface area contributed by atoms with Crippen LogP contribution >= 0.6 is 0 Å². The second-order valence-electron chi connectivity index (χ2n) is 6.24. The molecule has 0 amide bonds. The van der Waals surface area contributed by atoms with Crippen molar-refractivity contribution >= 4 is 10.0 Å². The third-order valence-corrected chi connectivity index (χ3v) is 6.08. The molecule has 4 nitrogen and oxygen atoms in total. The first-order chi connectivity index (χ1) is 11.6. The summed E-state index contributed by atoms with van der Waals surface area (Å²) in [6, 6.07) is 17.1. The molecule has 3 rings (SSSR count). The normalized spacial score (nSPS) is 19.3. The van der Waals surface area contributed by atoms with Crippen LogP contribution in [-0.2, 0) is 10.0 Å². The quantitative estimate of drug-likeness (QED) is 0.907. The number of piperidine rings is 1. The average molecular weight is 344 g/mol. The van der Waals surface area contributed by atoms with E-state index in [-0.39, 0.29) is 6.04 Å². The molecule has 0 radical (unpaired) electrons. The minimum absolute atomic E-state index is 0.00231. The zero-order valence-corrected chi connectivity index (χ0v) is 14.8. The number of hydrogen-bond donors (Lipinski definition) is 1. The number of nitrogens with zero attached hydrogens (tertiary/aromatic N) is 1. The topological polar surface area (TPSA) is 49.4 Å². The number of nitrogens with one attached hydrogen (secondary N) is 1. The largest absolute Gasteiger partial charge is 0.302 e. The van der Waals surface area contributed by atoms with E-state index < -0.39 is 10.0 Å². The van der Waals surface area contributed by atoms with Crippen molar-refractivity contribution in [2.75, 3.05) is 19.6 Å². The van der Waals surface area contributed by atoms with E-state index in [1.54, 1.807) is 12.1 Å². The van der Waals surface area contributed by atoms with Gasteiger partial charge < -0.3 is 4.90 Å². The van der Waals surface area contributed by atoms with Crippen molar-refractivity contribution in [1.29, 1.82) is 0 Å². The third kappa shape index (κ3) is 4.04. The first-order valence-electron chi connectivity index (χ1n) is 8.48. The summed E-state index contributed by atoms with van der Waals surface area (Å²) in [6.45, 7) is 4.92. The molecular formula is C19H24N2O2S. The van der Waals surface area contributed by atoms with Crippen molar-refractivity contribution < 1.29 is 8.42 Å². The highest BCUT2D eigenvalue weighted by Gasteiger charge is 2.24. The summed E-state index contributed by atoms with van der Waals surface area (Å²) < 4.78 is 28.1. The fourth-order valence-corrected chi connectivity index (χ4v) is 4.45. The van der Waals surface area contributed by atoms with Gasteiger partial charge in [-0.1, -0.05) is 49.4 Å². The number of hydrogen-bond acceptors (Lipinski definition) is 3. The first kappa shape index (κ1) is 17.1. The SMILES string of the molecule is CCN1CCC[C@@H](NS(=O)(=O)c2ccc(-c3ccccc3)cc2)C1. The van der Waals surface area contributed by atoms with Gasteiger partial charge in [0.05, 0.1) is 4.90 Å². The molecule has 0 aliphatic carbocycles. The third-order valence-electron chi connectivity index (χ3n) is 4.55. The van der Waals surface area contributed by atoms with E-state index >= 15 is 0 Å². The lowest BCUT2D eigenvalue weighted by atomic mass is 10.1. The molecule has 1 saturated heterocycles. The van der Waals surface area contributed by atoms with Crippen LogP contribution in [0, 0.1) is 0 Å². The lowest BCUT2D eigenvalue weighted by Crippen LogP contribution is -2.47. The van der Waals surface area contributed by atoms with Gasteiger partial charge in [0.25, 0.3) is 0 Å². The Balaban J connectivity index is 1.73. The van der Waals surface area contributed by atoms with E-state index in [1.807, 2.05) is 42.5 Å². The zero-order chi connectivity index (χ0) is 17.0. The van der Waals surface area contributed by atoms with Gasteiger partial charge in [-0.15, -0.1) is 0 Å². The van der Waals surface area contributed by atoms with Crippen molar-refractivity contribution in [1.82, 2.24) is 9.62 Å². The molecule has 0 aromatic heterocycles. The standard InChI is InChI=1S/C19H24N2O2S/c1-2-21-14-6-9-18(15-21)20-24(22,23)19-12-10-17(11-13-19)16-7-4-3-5-8-16/h3-5,7-8,10-13,18,20H,2,6,9,14-15H2,1H3/t18-/m1/s1. The molecular weight excluding hydrogens is 320 g/mol. The van der Waals surface area contributed by atoms with Crippen LogP contribution in [0.25, 0.3) is 11.1 Å². The summed E-state index contributed by atoms with van der Waals surface area (Å²) in [4.78, 5) is 2.62. The van der Waals surface area contributed by atoms with Crippen LogP contribution in [0.3, 0.4) is 0 Å². The van der Waals surface area contributed by atoms with Crippen molar-refractivity contribution in [3.05, 3.63) is 54.6 Å². The molecule has 1 heterocycles. The summed E-state index contributed by atoms with van der Waals surface area (Å²) >= 11 is 0. The molecule has 0 saturated carbocycles. The maximum absolute atomic E-state index is 12.6. The van der Waals surface area contributed by atoms with Crippen LogP contribution in [0.1, 0.15) is 19.8 Å². The number of likely N-dealkylation sites (tertiary alicyclic amines) is 1. The highest BCUT2D eigenvalue weighted by molar-refractivity contribution is 7.89. The highest BCUT2D eigenvalue weighted by Crippen LogP contribution is 2.21. The zero-order valence-electron chi connectivity index (χ0n) is 14.0. The Labute approximate surface area is 144 Å². The van der Waals surface area contributed by atoms with Crippen molar-refractivity contribution in [3.8, 4) is 11.1 Å². The van der Waals surface area contributed by atoms with Gasteiger partial charge >= 0.3 is 0 Å². The molecule has 1 N–H and O–H groups in total. The van der Waals surface area contributed by atoms with Crippen LogP contribution < -0.4 is 4.72 Å². The molecule has 128 valence electrons. The molecule has 2 aromatic rings. The van der Waals surface area contributed by atoms with Crippen molar-refractivity contribution in [2.45, 2.75) is 30.7 Å².